The molecule has 0 bridgehead atoms. The monoisotopic (exact) mass is 486 g/mol. The van der Waals surface area contributed by atoms with Crippen molar-refractivity contribution in [1.82, 2.24) is 4.98 Å². The lowest BCUT2D eigenvalue weighted by atomic mass is 10.0. The van der Waals surface area contributed by atoms with Crippen LogP contribution >= 0.6 is 36.2 Å². The number of ether oxygens (including phenoxy) is 1. The van der Waals surface area contributed by atoms with E-state index in [1.165, 1.54) is 17.6 Å². The van der Waals surface area contributed by atoms with Crippen molar-refractivity contribution in [2.75, 3.05) is 0 Å². The van der Waals surface area contributed by atoms with Crippen LogP contribution in [-0.4, -0.2) is 17.0 Å². The van der Waals surface area contributed by atoms with Gasteiger partial charge in [0.2, 0.25) is 5.43 Å². The molecule has 3 aromatic rings. The van der Waals surface area contributed by atoms with Gasteiger partial charge in [-0.1, -0.05) is 27.2 Å². The summed E-state index contributed by atoms with van der Waals surface area (Å²) < 4.78 is 11.3. The van der Waals surface area contributed by atoms with Crippen LogP contribution in [-0.2, 0) is 11.2 Å². The topological polar surface area (TPSA) is 95.4 Å². The minimum Gasteiger partial charge on any atom is -0.463 e. The van der Waals surface area contributed by atoms with Crippen molar-refractivity contribution in [1.29, 1.82) is 0 Å². The van der Waals surface area contributed by atoms with Crippen molar-refractivity contribution in [3.63, 3.8) is 0 Å². The molecular formula is C22H28Cl2N2O4S. The number of nitrogens with two attached hydrogens (primary N) is 1. The lowest BCUT2D eigenvalue weighted by Crippen LogP contribution is -2.38. The normalized spacial score (nSPS) is 11.7. The molecule has 0 aliphatic carbocycles. The molecule has 0 spiro atoms. The first-order valence-electron chi connectivity index (χ1n) is 9.80. The first kappa shape index (κ1) is 27.1. The fourth-order valence-electron chi connectivity index (χ4n) is 2.97. The number of aromatic nitrogens is 1. The van der Waals surface area contributed by atoms with Crippen LogP contribution in [0.15, 0.2) is 33.0 Å². The lowest BCUT2D eigenvalue weighted by Gasteiger charge is -2.16. The Morgan fingerprint density at radius 3 is 2.58 bits per heavy atom. The molecule has 1 atom stereocenters. The van der Waals surface area contributed by atoms with E-state index in [9.17, 15) is 9.59 Å². The third-order valence-corrected chi connectivity index (χ3v) is 5.62. The highest BCUT2D eigenvalue weighted by molar-refractivity contribution is 7.09. The van der Waals surface area contributed by atoms with Crippen LogP contribution in [0.4, 0.5) is 0 Å². The van der Waals surface area contributed by atoms with Gasteiger partial charge in [0.15, 0.2) is 0 Å². The van der Waals surface area contributed by atoms with E-state index in [0.717, 1.165) is 23.4 Å². The Hall–Kier alpha value is -1.93. The maximum absolute atomic E-state index is 13.1. The highest BCUT2D eigenvalue weighted by Gasteiger charge is 2.22. The van der Waals surface area contributed by atoms with Crippen molar-refractivity contribution >= 4 is 53.1 Å². The van der Waals surface area contributed by atoms with Gasteiger partial charge in [0.1, 0.15) is 23.6 Å². The number of fused-ring (bicyclic) bond motifs is 1. The highest BCUT2D eigenvalue weighted by Crippen LogP contribution is 2.29. The molecule has 3 rings (SSSR count). The van der Waals surface area contributed by atoms with E-state index in [0.29, 0.717) is 34.4 Å². The number of rotatable bonds is 7. The molecule has 2 heterocycles. The van der Waals surface area contributed by atoms with E-state index < -0.39 is 12.0 Å². The second-order valence-electron chi connectivity index (χ2n) is 7.48. The fourth-order valence-corrected chi connectivity index (χ4v) is 3.58. The quantitative estimate of drug-likeness (QED) is 0.359. The number of unbranched alkanes of at least 4 members (excludes halogenated alkanes) is 1. The Labute approximate surface area is 198 Å². The second-order valence-corrected chi connectivity index (χ2v) is 8.54. The van der Waals surface area contributed by atoms with E-state index in [-0.39, 0.29) is 36.2 Å². The molecule has 9 heteroatoms. The summed E-state index contributed by atoms with van der Waals surface area (Å²) in [5, 5.41) is 3.17. The number of thiazole rings is 1. The molecule has 0 aliphatic rings. The summed E-state index contributed by atoms with van der Waals surface area (Å²) >= 11 is 1.48. The van der Waals surface area contributed by atoms with Crippen LogP contribution in [0.1, 0.15) is 44.2 Å². The van der Waals surface area contributed by atoms with Gasteiger partial charge in [0, 0.05) is 11.4 Å². The van der Waals surface area contributed by atoms with E-state index >= 15 is 0 Å². The molecule has 1 aromatic carbocycles. The standard InChI is InChI=1S/C22H26N2O4S.2ClH/c1-5-6-7-14-8-15-19(9-18(14)28-22(26)20(23)12(2)3)27-10-16(21(15)25)17-11-29-13(4)24-17;;/h8-12,20H,5-7,23H2,1-4H3;2*1H/t20-;;/m1../s1. The van der Waals surface area contributed by atoms with E-state index in [1.807, 2.05) is 26.2 Å². The van der Waals surface area contributed by atoms with E-state index in [4.69, 9.17) is 14.9 Å². The number of benzene rings is 1. The summed E-state index contributed by atoms with van der Waals surface area (Å²) in [6.07, 6.45) is 3.98. The molecule has 0 radical (unpaired) electrons. The smallest absolute Gasteiger partial charge is 0.328 e. The van der Waals surface area contributed by atoms with Gasteiger partial charge >= 0.3 is 5.97 Å². The van der Waals surface area contributed by atoms with Crippen LogP contribution in [0.2, 0.25) is 0 Å². The van der Waals surface area contributed by atoms with Crippen LogP contribution in [0.25, 0.3) is 22.2 Å². The third-order valence-electron chi connectivity index (χ3n) is 4.85. The van der Waals surface area contributed by atoms with Gasteiger partial charge in [-0.05, 0) is 37.3 Å². The Morgan fingerprint density at radius 2 is 2.00 bits per heavy atom. The molecule has 0 amide bonds. The number of halogens is 2. The Morgan fingerprint density at radius 1 is 1.29 bits per heavy atom. The number of aryl methyl sites for hydroxylation is 2. The number of hydrogen-bond acceptors (Lipinski definition) is 7. The number of esters is 1. The molecular weight excluding hydrogens is 459 g/mol. The van der Waals surface area contributed by atoms with Crippen LogP contribution in [0.5, 0.6) is 5.75 Å². The molecule has 0 saturated heterocycles. The Balaban J connectivity index is 0.00000240. The molecule has 0 fully saturated rings. The molecule has 0 aliphatic heterocycles. The second kappa shape index (κ2) is 11.6. The average molecular weight is 487 g/mol. The van der Waals surface area contributed by atoms with Gasteiger partial charge in [-0.15, -0.1) is 36.2 Å². The number of hydrogen-bond donors (Lipinski definition) is 1. The van der Waals surface area contributed by atoms with Gasteiger partial charge in [0.05, 0.1) is 21.7 Å². The maximum atomic E-state index is 13.1. The highest BCUT2D eigenvalue weighted by atomic mass is 35.5. The summed E-state index contributed by atoms with van der Waals surface area (Å²) in [5.74, 6) is -0.134. The number of carbonyl (C=O) groups excluding carboxylic acids is 1. The molecule has 2 N–H and O–H groups in total. The Kier molecular flexibility index (Phi) is 10.2. The summed E-state index contributed by atoms with van der Waals surface area (Å²) in [5.41, 5.74) is 7.98. The maximum Gasteiger partial charge on any atom is 0.328 e. The van der Waals surface area contributed by atoms with Gasteiger partial charge in [-0.3, -0.25) is 4.79 Å². The van der Waals surface area contributed by atoms with Gasteiger partial charge in [-0.2, -0.15) is 0 Å². The van der Waals surface area contributed by atoms with Gasteiger partial charge in [-0.25, -0.2) is 9.78 Å². The first-order chi connectivity index (χ1) is 13.8. The van der Waals surface area contributed by atoms with Crippen molar-refractivity contribution in [3.8, 4) is 17.0 Å². The summed E-state index contributed by atoms with van der Waals surface area (Å²) in [4.78, 5) is 29.8. The predicted octanol–water partition coefficient (Wildman–Crippen LogP) is 5.30. The lowest BCUT2D eigenvalue weighted by molar-refractivity contribution is -0.136. The minimum absolute atomic E-state index is 0. The first-order valence-corrected chi connectivity index (χ1v) is 10.7. The molecule has 0 unspecified atom stereocenters. The SMILES string of the molecule is CCCCc1cc2c(=O)c(-c3csc(C)n3)coc2cc1OC(=O)[C@H](N)C(C)C.Cl.Cl. The van der Waals surface area contributed by atoms with E-state index in [1.54, 1.807) is 12.1 Å². The number of carbonyl (C=O) groups is 1. The van der Waals surface area contributed by atoms with Gasteiger partial charge < -0.3 is 14.9 Å². The average Bonchev–Trinajstić information content (AvgIpc) is 3.12. The molecule has 2 aromatic heterocycles. The molecule has 0 saturated carbocycles. The Bertz CT molecular complexity index is 1090. The van der Waals surface area contributed by atoms with Gasteiger partial charge in [0.25, 0.3) is 0 Å². The third kappa shape index (κ3) is 6.07. The van der Waals surface area contributed by atoms with Crippen LogP contribution in [0, 0.1) is 12.8 Å². The zero-order valence-electron chi connectivity index (χ0n) is 18.0. The molecule has 31 heavy (non-hydrogen) atoms. The summed E-state index contributed by atoms with van der Waals surface area (Å²) in [6, 6.07) is 2.67. The minimum atomic E-state index is -0.716. The zero-order chi connectivity index (χ0) is 21.1. The van der Waals surface area contributed by atoms with Crippen molar-refractivity contribution in [2.24, 2.45) is 11.7 Å². The fraction of sp³-hybridized carbons (Fsp3) is 0.409. The zero-order valence-corrected chi connectivity index (χ0v) is 20.4. The molecule has 170 valence electrons. The van der Waals surface area contributed by atoms with Crippen LogP contribution < -0.4 is 15.9 Å². The largest absolute Gasteiger partial charge is 0.463 e. The van der Waals surface area contributed by atoms with Crippen molar-refractivity contribution in [3.05, 3.63) is 44.6 Å². The van der Waals surface area contributed by atoms with Crippen molar-refractivity contribution in [2.45, 2.75) is 53.0 Å². The van der Waals surface area contributed by atoms with E-state index in [2.05, 4.69) is 11.9 Å². The number of nitrogens with zero attached hydrogens (tertiary/aromatic N) is 1. The summed E-state index contributed by atoms with van der Waals surface area (Å²) in [6.45, 7) is 7.71. The van der Waals surface area contributed by atoms with Crippen molar-refractivity contribution < 1.29 is 13.9 Å². The molecule has 6 nitrogen and oxygen atoms in total. The summed E-state index contributed by atoms with van der Waals surface area (Å²) in [7, 11) is 0. The van der Waals surface area contributed by atoms with Crippen LogP contribution in [0.3, 0.4) is 0 Å². The predicted molar refractivity (Wildman–Crippen MR) is 130 cm³/mol.